The van der Waals surface area contributed by atoms with Crippen molar-refractivity contribution in [2.24, 2.45) is 5.92 Å². The molecule has 0 aromatic heterocycles. The second-order valence-electron chi connectivity index (χ2n) is 3.97. The number of carbonyl (C=O) groups excluding carboxylic acids is 3. The Morgan fingerprint density at radius 3 is 2.56 bits per heavy atom. The maximum Gasteiger partial charge on any atom is 1.00 e. The van der Waals surface area contributed by atoms with E-state index in [1.54, 1.807) is 0 Å². The third kappa shape index (κ3) is 1.69. The van der Waals surface area contributed by atoms with E-state index in [1.807, 2.05) is 0 Å². The van der Waals surface area contributed by atoms with Gasteiger partial charge in [0, 0.05) is 6.42 Å². The van der Waals surface area contributed by atoms with Crippen LogP contribution in [0.3, 0.4) is 0 Å². The number of hydrogen-bond acceptors (Lipinski definition) is 5. The molecule has 2 saturated heterocycles. The van der Waals surface area contributed by atoms with Crippen molar-refractivity contribution in [2.75, 3.05) is 0 Å². The summed E-state index contributed by atoms with van der Waals surface area (Å²) in [6, 6.07) is -1.91. The molecule has 0 aromatic rings. The van der Waals surface area contributed by atoms with Crippen LogP contribution in [-0.4, -0.2) is 45.9 Å². The number of ketones is 1. The van der Waals surface area contributed by atoms with Gasteiger partial charge in [0.1, 0.15) is 6.04 Å². The SMILES string of the molecule is CC(O)C1C(=O)N2C(C(=O)[O-])C(=O)CC12.[Na+]. The molecule has 0 aliphatic carbocycles. The number of carbonyl (C=O) groups is 3. The normalized spacial score (nSPS) is 33.9. The van der Waals surface area contributed by atoms with Crippen LogP contribution in [0.2, 0.25) is 0 Å². The fourth-order valence-corrected chi connectivity index (χ4v) is 2.38. The first-order valence-electron chi connectivity index (χ1n) is 4.69. The van der Waals surface area contributed by atoms with Crippen LogP contribution in [0.4, 0.5) is 0 Å². The van der Waals surface area contributed by atoms with E-state index < -0.39 is 41.8 Å². The van der Waals surface area contributed by atoms with Gasteiger partial charge in [0.25, 0.3) is 0 Å². The summed E-state index contributed by atoms with van der Waals surface area (Å²) in [6.45, 7) is 1.46. The molecule has 2 aliphatic heterocycles. The van der Waals surface area contributed by atoms with Gasteiger partial charge in [0.15, 0.2) is 5.78 Å². The Labute approximate surface area is 114 Å². The Morgan fingerprint density at radius 2 is 2.12 bits per heavy atom. The van der Waals surface area contributed by atoms with Crippen molar-refractivity contribution >= 4 is 17.7 Å². The number of hydrogen-bond donors (Lipinski definition) is 1. The van der Waals surface area contributed by atoms with Crippen LogP contribution in [0.15, 0.2) is 0 Å². The fraction of sp³-hybridized carbons (Fsp3) is 0.667. The Morgan fingerprint density at radius 1 is 1.56 bits per heavy atom. The minimum atomic E-state index is -1.54. The first-order chi connectivity index (χ1) is 6.95. The molecule has 0 aromatic carbocycles. The summed E-state index contributed by atoms with van der Waals surface area (Å²) in [5.74, 6) is -3.18. The van der Waals surface area contributed by atoms with Crippen LogP contribution in [0, 0.1) is 5.92 Å². The van der Waals surface area contributed by atoms with Gasteiger partial charge in [-0.25, -0.2) is 0 Å². The van der Waals surface area contributed by atoms with Crippen molar-refractivity contribution in [3.8, 4) is 0 Å². The molecule has 0 spiro atoms. The van der Waals surface area contributed by atoms with Crippen LogP contribution in [0.5, 0.6) is 0 Å². The second-order valence-corrected chi connectivity index (χ2v) is 3.97. The molecular formula is C9H10NNaO5. The number of amides is 1. The Bertz CT molecular complexity index is 356. The molecule has 1 amide bonds. The van der Waals surface area contributed by atoms with Crippen molar-refractivity contribution in [3.05, 3.63) is 0 Å². The number of carboxylic acids is 1. The molecule has 0 bridgehead atoms. The Kier molecular flexibility index (Phi) is 3.79. The van der Waals surface area contributed by atoms with Crippen molar-refractivity contribution < 1.29 is 54.2 Å². The van der Waals surface area contributed by atoms with Gasteiger partial charge in [-0.3, -0.25) is 9.59 Å². The number of nitrogens with zero attached hydrogens (tertiary/aromatic N) is 1. The van der Waals surface area contributed by atoms with Gasteiger partial charge >= 0.3 is 29.6 Å². The number of β-lactam (4-membered cyclic amide) rings is 1. The third-order valence-corrected chi connectivity index (χ3v) is 3.05. The Balaban J connectivity index is 0.00000128. The second kappa shape index (κ2) is 4.44. The van der Waals surface area contributed by atoms with Crippen LogP contribution in [0.25, 0.3) is 0 Å². The van der Waals surface area contributed by atoms with Crippen molar-refractivity contribution in [2.45, 2.75) is 31.5 Å². The summed E-state index contributed by atoms with van der Waals surface area (Å²) in [7, 11) is 0. The third-order valence-electron chi connectivity index (χ3n) is 3.05. The van der Waals surface area contributed by atoms with Crippen LogP contribution in [-0.2, 0) is 14.4 Å². The molecule has 2 aliphatic rings. The minimum Gasteiger partial charge on any atom is -0.547 e. The van der Waals surface area contributed by atoms with E-state index in [-0.39, 0.29) is 36.0 Å². The van der Waals surface area contributed by atoms with E-state index in [0.717, 1.165) is 4.90 Å². The fourth-order valence-electron chi connectivity index (χ4n) is 2.38. The monoisotopic (exact) mass is 235 g/mol. The van der Waals surface area contributed by atoms with Crippen molar-refractivity contribution in [1.82, 2.24) is 4.90 Å². The molecule has 7 heteroatoms. The number of aliphatic carboxylic acids is 1. The summed E-state index contributed by atoms with van der Waals surface area (Å²) >= 11 is 0. The number of Topliss-reactive ketones (excluding diaryl/α,β-unsaturated/α-hetero) is 1. The molecule has 0 saturated carbocycles. The van der Waals surface area contributed by atoms with Crippen molar-refractivity contribution in [1.29, 1.82) is 0 Å². The smallest absolute Gasteiger partial charge is 0.547 e. The topological polar surface area (TPSA) is 97.7 Å². The van der Waals surface area contributed by atoms with Gasteiger partial charge in [-0.2, -0.15) is 0 Å². The summed E-state index contributed by atoms with van der Waals surface area (Å²) in [6.07, 6.45) is -0.855. The van der Waals surface area contributed by atoms with Crippen molar-refractivity contribution in [3.63, 3.8) is 0 Å². The van der Waals surface area contributed by atoms with Gasteiger partial charge in [0.05, 0.1) is 24.0 Å². The molecule has 1 N–H and O–H groups in total. The summed E-state index contributed by atoms with van der Waals surface area (Å²) in [5, 5.41) is 19.9. The largest absolute Gasteiger partial charge is 1.00 e. The number of carboxylic acid groups (broad SMARTS) is 1. The summed E-state index contributed by atoms with van der Waals surface area (Å²) in [4.78, 5) is 34.4. The zero-order valence-electron chi connectivity index (χ0n) is 9.04. The summed E-state index contributed by atoms with van der Waals surface area (Å²) in [5.41, 5.74) is 0. The van der Waals surface area contributed by atoms with Crippen LogP contribution in [0.1, 0.15) is 13.3 Å². The van der Waals surface area contributed by atoms with E-state index in [9.17, 15) is 24.6 Å². The number of fused-ring (bicyclic) bond motifs is 1. The van der Waals surface area contributed by atoms with E-state index in [2.05, 4.69) is 0 Å². The average molecular weight is 235 g/mol. The number of aliphatic hydroxyl groups excluding tert-OH is 1. The number of aliphatic hydroxyl groups is 1. The molecule has 2 fully saturated rings. The minimum absolute atomic E-state index is 0. The maximum atomic E-state index is 11.5. The molecule has 2 rings (SSSR count). The predicted molar refractivity (Wildman–Crippen MR) is 44.2 cm³/mol. The molecular weight excluding hydrogens is 225 g/mol. The first kappa shape index (κ1) is 13.6. The summed E-state index contributed by atoms with van der Waals surface area (Å²) < 4.78 is 0. The molecule has 4 unspecified atom stereocenters. The zero-order valence-corrected chi connectivity index (χ0v) is 11.0. The van der Waals surface area contributed by atoms with Gasteiger partial charge in [-0.1, -0.05) is 0 Å². The van der Waals surface area contributed by atoms with Gasteiger partial charge in [0.2, 0.25) is 5.91 Å². The van der Waals surface area contributed by atoms with Gasteiger partial charge in [-0.15, -0.1) is 0 Å². The molecule has 0 radical (unpaired) electrons. The molecule has 16 heavy (non-hydrogen) atoms. The zero-order chi connectivity index (χ0) is 11.3. The van der Waals surface area contributed by atoms with Crippen LogP contribution >= 0.6 is 0 Å². The quantitative estimate of drug-likeness (QED) is 0.292. The maximum absolute atomic E-state index is 11.5. The van der Waals surface area contributed by atoms with E-state index >= 15 is 0 Å². The van der Waals surface area contributed by atoms with Gasteiger partial charge < -0.3 is 19.9 Å². The van der Waals surface area contributed by atoms with E-state index in [0.29, 0.717) is 0 Å². The Hall–Kier alpha value is -0.430. The standard InChI is InChI=1S/C9H11NO5.Na/c1-3(11)6-4-2-5(12)7(9(14)15)10(4)8(6)13;/h3-4,6-7,11H,2H2,1H3,(H,14,15);/q;+1/p-1. The molecule has 82 valence electrons. The van der Waals surface area contributed by atoms with E-state index in [1.165, 1.54) is 6.92 Å². The first-order valence-corrected chi connectivity index (χ1v) is 4.69. The van der Waals surface area contributed by atoms with Gasteiger partial charge in [-0.05, 0) is 6.92 Å². The molecule has 2 heterocycles. The number of rotatable bonds is 2. The molecule has 6 nitrogen and oxygen atoms in total. The van der Waals surface area contributed by atoms with Crippen LogP contribution < -0.4 is 34.7 Å². The van der Waals surface area contributed by atoms with E-state index in [4.69, 9.17) is 0 Å². The molecule has 4 atom stereocenters. The predicted octanol–water partition coefficient (Wildman–Crippen LogP) is -5.71. The average Bonchev–Trinajstić information content (AvgIpc) is 2.38.